The number of amides is 2. The number of carbonyl (C=O) groups is 3. The number of ether oxygens (including phenoxy) is 2. The van der Waals surface area contributed by atoms with Gasteiger partial charge in [-0.05, 0) is 29.0 Å². The summed E-state index contributed by atoms with van der Waals surface area (Å²) in [6, 6.07) is 4.68. The number of fused-ring (bicyclic) bond motifs is 5. The molecule has 1 aromatic heterocycles. The number of nitrogens with zero attached hydrogens (tertiary/aromatic N) is 3. The molecule has 0 aliphatic carbocycles. The molecule has 6 bridgehead atoms. The van der Waals surface area contributed by atoms with Crippen LogP contribution in [-0.2, 0) is 37.6 Å². The normalized spacial score (nSPS) is 25.4. The summed E-state index contributed by atoms with van der Waals surface area (Å²) in [7, 11) is 1.30. The van der Waals surface area contributed by atoms with E-state index in [0.29, 0.717) is 18.2 Å². The van der Waals surface area contributed by atoms with Gasteiger partial charge in [-0.2, -0.15) is 0 Å². The third kappa shape index (κ3) is 5.39. The zero-order valence-corrected chi connectivity index (χ0v) is 23.9. The second kappa shape index (κ2) is 10.6. The van der Waals surface area contributed by atoms with Crippen LogP contribution >= 0.6 is 11.3 Å². The van der Waals surface area contributed by atoms with Crippen molar-refractivity contribution in [2.45, 2.75) is 77.2 Å². The van der Waals surface area contributed by atoms with E-state index >= 15 is 0 Å². The molecule has 1 fully saturated rings. The zero-order chi connectivity index (χ0) is 27.9. The van der Waals surface area contributed by atoms with Gasteiger partial charge in [0.2, 0.25) is 5.91 Å². The number of esters is 1. The summed E-state index contributed by atoms with van der Waals surface area (Å²) in [5, 5.41) is 6.02. The maximum absolute atomic E-state index is 13.8. The van der Waals surface area contributed by atoms with Gasteiger partial charge >= 0.3 is 12.1 Å². The Kier molecular flexibility index (Phi) is 7.41. The highest BCUT2D eigenvalue weighted by atomic mass is 32.1. The van der Waals surface area contributed by atoms with E-state index in [1.807, 2.05) is 31.4 Å². The molecule has 3 aliphatic rings. The Hall–Kier alpha value is -3.40. The fraction of sp³-hybridized carbons (Fsp3) is 0.517. The maximum atomic E-state index is 13.8. The lowest BCUT2D eigenvalue weighted by atomic mass is 9.86. The Bertz CT molecular complexity index is 1300. The monoisotopic (exact) mass is 552 g/mol. The predicted molar refractivity (Wildman–Crippen MR) is 149 cm³/mol. The number of hydrogen-bond acceptors (Lipinski definition) is 8. The molecule has 10 heteroatoms. The summed E-state index contributed by atoms with van der Waals surface area (Å²) >= 11 is 1.47. The molecule has 0 saturated carbocycles. The van der Waals surface area contributed by atoms with Crippen LogP contribution in [0.2, 0.25) is 0 Å². The van der Waals surface area contributed by atoms with Crippen molar-refractivity contribution < 1.29 is 23.9 Å². The largest absolute Gasteiger partial charge is 0.467 e. The molecule has 9 nitrogen and oxygen atoms in total. The summed E-state index contributed by atoms with van der Waals surface area (Å²) in [5.74, 6) is -0.838. The first kappa shape index (κ1) is 27.2. The molecule has 4 heterocycles. The Labute approximate surface area is 233 Å². The van der Waals surface area contributed by atoms with Crippen LogP contribution in [0.3, 0.4) is 0 Å². The van der Waals surface area contributed by atoms with Crippen molar-refractivity contribution >= 4 is 40.5 Å². The zero-order valence-electron chi connectivity index (χ0n) is 23.1. The molecule has 0 spiro atoms. The lowest BCUT2D eigenvalue weighted by molar-refractivity contribution is -0.151. The van der Waals surface area contributed by atoms with Gasteiger partial charge in [0.05, 0.1) is 25.9 Å². The summed E-state index contributed by atoms with van der Waals surface area (Å²) in [5.41, 5.74) is 4.01. The third-order valence-corrected chi connectivity index (χ3v) is 8.67. The number of anilines is 1. The molecular weight excluding hydrogens is 516 g/mol. The van der Waals surface area contributed by atoms with Crippen molar-refractivity contribution in [3.05, 3.63) is 52.0 Å². The third-order valence-electron chi connectivity index (χ3n) is 7.90. The molecule has 2 amide bonds. The number of allylic oxidation sites excluding steroid dienone is 1. The number of carbonyl (C=O) groups excluding carboxylic acids is 3. The highest BCUT2D eigenvalue weighted by Gasteiger charge is 2.45. The minimum absolute atomic E-state index is 0.0777. The Morgan fingerprint density at radius 3 is 2.79 bits per heavy atom. The second-order valence-electron chi connectivity index (χ2n) is 11.5. The number of hydrogen-bond donors (Lipinski definition) is 1. The van der Waals surface area contributed by atoms with Gasteiger partial charge in [-0.15, -0.1) is 11.3 Å². The highest BCUT2D eigenvalue weighted by Crippen LogP contribution is 2.34. The van der Waals surface area contributed by atoms with Crippen LogP contribution in [-0.4, -0.2) is 64.6 Å². The van der Waals surface area contributed by atoms with E-state index in [4.69, 9.17) is 14.5 Å². The molecule has 2 aromatic rings. The van der Waals surface area contributed by atoms with Gasteiger partial charge in [0.25, 0.3) is 0 Å². The number of rotatable bonds is 2. The van der Waals surface area contributed by atoms with Crippen LogP contribution in [0.15, 0.2) is 29.7 Å². The van der Waals surface area contributed by atoms with E-state index in [2.05, 4.69) is 37.4 Å². The smallest absolute Gasteiger partial charge is 0.410 e. The van der Waals surface area contributed by atoms with Crippen LogP contribution in [0.5, 0.6) is 0 Å². The molecule has 3 atom stereocenters. The number of aromatic nitrogens is 1. The van der Waals surface area contributed by atoms with E-state index in [0.717, 1.165) is 28.8 Å². The molecule has 5 rings (SSSR count). The average Bonchev–Trinajstić information content (AvgIpc) is 3.64. The minimum atomic E-state index is -0.827. The number of benzene rings is 1. The van der Waals surface area contributed by atoms with Gasteiger partial charge in [0, 0.05) is 23.8 Å². The van der Waals surface area contributed by atoms with Crippen molar-refractivity contribution in [1.82, 2.24) is 14.8 Å². The minimum Gasteiger partial charge on any atom is -0.467 e. The number of thiazole rings is 1. The molecule has 208 valence electrons. The summed E-state index contributed by atoms with van der Waals surface area (Å²) in [4.78, 5) is 47.8. The van der Waals surface area contributed by atoms with Crippen LogP contribution in [0.25, 0.3) is 6.08 Å². The Morgan fingerprint density at radius 2 is 2.05 bits per heavy atom. The molecule has 1 saturated heterocycles. The lowest BCUT2D eigenvalue weighted by Crippen LogP contribution is -2.50. The standard InChI is InChI=1S/C29H36N4O5S/c1-17(2)24-25(34)33-14-20(12-22(33)26(35)37-5)38-28(36)32-13-19-9-6-8-18(21(19)15-32)10-7-11-29(3,4)23-16-39-27(30-23)31-24/h6-10,16-17,20,22,24H,11-15H2,1-5H3,(H,30,31)/b10-7+/t20-,22+,24+/m1/s1. The molecule has 0 radical (unpaired) electrons. The molecule has 1 aromatic carbocycles. The van der Waals surface area contributed by atoms with E-state index in [9.17, 15) is 14.4 Å². The number of nitrogens with one attached hydrogen (secondary N) is 1. The molecule has 39 heavy (non-hydrogen) atoms. The van der Waals surface area contributed by atoms with Gasteiger partial charge in [0.15, 0.2) is 5.13 Å². The fourth-order valence-electron chi connectivity index (χ4n) is 5.50. The van der Waals surface area contributed by atoms with Crippen molar-refractivity contribution in [3.8, 4) is 0 Å². The maximum Gasteiger partial charge on any atom is 0.410 e. The summed E-state index contributed by atoms with van der Waals surface area (Å²) < 4.78 is 10.9. The van der Waals surface area contributed by atoms with Gasteiger partial charge < -0.3 is 19.7 Å². The summed E-state index contributed by atoms with van der Waals surface area (Å²) in [6.45, 7) is 9.24. The SMILES string of the molecule is COC(=O)[C@@H]1C[C@@H]2CN1C(=O)[C@H](C(C)C)Nc1nc(cs1)C(C)(C)C/C=C/c1cccc3c1CN(C3)C(=O)O2. The van der Waals surface area contributed by atoms with E-state index in [-0.39, 0.29) is 30.2 Å². The van der Waals surface area contributed by atoms with E-state index in [1.54, 1.807) is 4.90 Å². The fourth-order valence-corrected chi connectivity index (χ4v) is 6.44. The predicted octanol–water partition coefficient (Wildman–Crippen LogP) is 4.57. The van der Waals surface area contributed by atoms with E-state index < -0.39 is 30.3 Å². The first-order valence-corrected chi connectivity index (χ1v) is 14.3. The van der Waals surface area contributed by atoms with E-state index in [1.165, 1.54) is 23.3 Å². The highest BCUT2D eigenvalue weighted by molar-refractivity contribution is 7.13. The Morgan fingerprint density at radius 1 is 1.26 bits per heavy atom. The molecule has 0 unspecified atom stereocenters. The molecular formula is C29H36N4O5S. The second-order valence-corrected chi connectivity index (χ2v) is 12.4. The topological polar surface area (TPSA) is 101 Å². The van der Waals surface area contributed by atoms with Gasteiger partial charge in [-0.1, -0.05) is 58.0 Å². The van der Waals surface area contributed by atoms with Crippen LogP contribution in [0, 0.1) is 5.92 Å². The van der Waals surface area contributed by atoms with Gasteiger partial charge in [-0.25, -0.2) is 14.6 Å². The van der Waals surface area contributed by atoms with Crippen LogP contribution in [0.1, 0.15) is 62.9 Å². The van der Waals surface area contributed by atoms with Crippen molar-refractivity contribution in [1.29, 1.82) is 0 Å². The van der Waals surface area contributed by atoms with Crippen molar-refractivity contribution in [3.63, 3.8) is 0 Å². The van der Waals surface area contributed by atoms with Crippen molar-refractivity contribution in [2.24, 2.45) is 5.92 Å². The summed E-state index contributed by atoms with van der Waals surface area (Å²) in [6.07, 6.45) is 4.19. The van der Waals surface area contributed by atoms with Crippen molar-refractivity contribution in [2.75, 3.05) is 19.0 Å². The average molecular weight is 553 g/mol. The van der Waals surface area contributed by atoms with Gasteiger partial charge in [-0.3, -0.25) is 9.69 Å². The van der Waals surface area contributed by atoms with Crippen LogP contribution < -0.4 is 5.32 Å². The van der Waals surface area contributed by atoms with Gasteiger partial charge in [0.1, 0.15) is 18.2 Å². The number of methoxy groups -OCH3 is 1. The first-order valence-electron chi connectivity index (χ1n) is 13.4. The molecule has 3 aliphatic heterocycles. The Balaban J connectivity index is 1.51. The molecule has 1 N–H and O–H groups in total. The quantitative estimate of drug-likeness (QED) is 0.545. The lowest BCUT2D eigenvalue weighted by Gasteiger charge is -2.29. The first-order chi connectivity index (χ1) is 18.6. The van der Waals surface area contributed by atoms with Crippen LogP contribution in [0.4, 0.5) is 9.93 Å².